The van der Waals surface area contributed by atoms with E-state index in [1.54, 1.807) is 0 Å². The zero-order valence-corrected chi connectivity index (χ0v) is 9.03. The van der Waals surface area contributed by atoms with Gasteiger partial charge in [-0.1, -0.05) is 36.4 Å². The Morgan fingerprint density at radius 2 is 1.07 bits per heavy atom. The summed E-state index contributed by atoms with van der Waals surface area (Å²) >= 11 is 0. The van der Waals surface area contributed by atoms with Crippen LogP contribution in [-0.2, 0) is 33.6 Å². The summed E-state index contributed by atoms with van der Waals surface area (Å²) in [7, 11) is 0. The zero-order valence-electron chi connectivity index (χ0n) is 6.95. The van der Waals surface area contributed by atoms with Gasteiger partial charge in [0.05, 0.1) is 0 Å². The molecule has 0 aliphatic heterocycles. The number of benzene rings is 2. The summed E-state index contributed by atoms with van der Waals surface area (Å²) < 4.78 is 0. The largest absolute Gasteiger partial charge is 0.873 e. The Morgan fingerprint density at radius 1 is 0.714 bits per heavy atom. The van der Waals surface area contributed by atoms with E-state index in [4.69, 9.17) is 0 Å². The van der Waals surface area contributed by atoms with Gasteiger partial charge in [0.2, 0.25) is 0 Å². The van der Waals surface area contributed by atoms with E-state index in [9.17, 15) is 10.2 Å². The third-order valence-electron chi connectivity index (χ3n) is 1.81. The van der Waals surface area contributed by atoms with Gasteiger partial charge in [-0.15, -0.1) is 11.5 Å². The van der Waals surface area contributed by atoms with Crippen LogP contribution in [0.4, 0.5) is 0 Å². The van der Waals surface area contributed by atoms with Gasteiger partial charge in [0.15, 0.2) is 0 Å². The Bertz CT molecular complexity index is 389. The molecule has 0 amide bonds. The van der Waals surface area contributed by atoms with E-state index in [1.165, 1.54) is 12.1 Å². The molecule has 0 N–H and O–H groups in total. The third-order valence-corrected chi connectivity index (χ3v) is 1.81. The molecule has 14 heavy (non-hydrogen) atoms. The van der Waals surface area contributed by atoms with Crippen LogP contribution in [0.2, 0.25) is 0 Å². The van der Waals surface area contributed by atoms with Crippen LogP contribution in [0.15, 0.2) is 36.4 Å². The second kappa shape index (κ2) is 5.26. The van der Waals surface area contributed by atoms with Crippen LogP contribution in [0.5, 0.6) is 11.5 Å². The number of hydrogen-bond donors (Lipinski definition) is 0. The van der Waals surface area contributed by atoms with Gasteiger partial charge in [0.25, 0.3) is 0 Å². The van der Waals surface area contributed by atoms with E-state index < -0.39 is 11.5 Å². The van der Waals surface area contributed by atoms with Crippen molar-refractivity contribution in [3.63, 3.8) is 0 Å². The van der Waals surface area contributed by atoms with Gasteiger partial charge < -0.3 is 10.2 Å². The summed E-state index contributed by atoms with van der Waals surface area (Å²) in [6.45, 7) is 0. The first-order valence-corrected chi connectivity index (χ1v) is 3.64. The second-order valence-electron chi connectivity index (χ2n) is 2.65. The predicted molar refractivity (Wildman–Crippen MR) is 42.8 cm³/mol. The van der Waals surface area contributed by atoms with E-state index in [-0.39, 0.29) is 33.6 Å². The normalized spacial score (nSPS) is 8.86. The van der Waals surface area contributed by atoms with Crippen molar-refractivity contribution < 1.29 is 43.8 Å². The van der Waals surface area contributed by atoms with Crippen LogP contribution in [0.1, 0.15) is 0 Å². The van der Waals surface area contributed by atoms with Crippen LogP contribution in [0.25, 0.3) is 10.8 Å². The Hall–Kier alpha value is -0.687. The molecule has 2 rings (SSSR count). The topological polar surface area (TPSA) is 46.1 Å². The Labute approximate surface area is 102 Å². The molecule has 2 aromatic rings. The van der Waals surface area contributed by atoms with Gasteiger partial charge in [-0.05, 0) is 10.8 Å². The minimum atomic E-state index is -0.436. The van der Waals surface area contributed by atoms with Crippen LogP contribution < -0.4 is 10.2 Å². The van der Waals surface area contributed by atoms with Crippen LogP contribution in [-0.4, -0.2) is 0 Å². The molecule has 0 heterocycles. The van der Waals surface area contributed by atoms with Gasteiger partial charge in [-0.25, -0.2) is 0 Å². The van der Waals surface area contributed by atoms with Gasteiger partial charge in [0.1, 0.15) is 0 Å². The van der Waals surface area contributed by atoms with E-state index in [0.717, 1.165) is 10.8 Å². The average molecular weight is 276 g/mol. The molecule has 78 valence electrons. The van der Waals surface area contributed by atoms with Crippen molar-refractivity contribution in [2.24, 2.45) is 0 Å². The molecule has 0 saturated heterocycles. The summed E-state index contributed by atoms with van der Waals surface area (Å²) in [5.74, 6) is -0.873. The van der Waals surface area contributed by atoms with E-state index >= 15 is 0 Å². The number of rotatable bonds is 0. The van der Waals surface area contributed by atoms with Gasteiger partial charge in [0, 0.05) is 33.6 Å². The predicted octanol–water partition coefficient (Wildman–Crippen LogP) is 0.982. The molecule has 2 aromatic carbocycles. The summed E-state index contributed by atoms with van der Waals surface area (Å²) in [6, 6.07) is 10.1. The molecule has 0 fully saturated rings. The average Bonchev–Trinajstić information content (AvgIpc) is 2.07. The van der Waals surface area contributed by atoms with Crippen LogP contribution in [0, 0.1) is 0 Å². The first-order valence-electron chi connectivity index (χ1n) is 3.64. The monoisotopic (exact) mass is 276 g/mol. The SMILES string of the molecule is [Co].[Co].[O-]c1cc2ccccc2cc1[O-]. The summed E-state index contributed by atoms with van der Waals surface area (Å²) in [5, 5.41) is 23.5. The Morgan fingerprint density at radius 3 is 1.43 bits per heavy atom. The van der Waals surface area contributed by atoms with Crippen molar-refractivity contribution >= 4 is 10.8 Å². The van der Waals surface area contributed by atoms with Crippen molar-refractivity contribution in [1.29, 1.82) is 0 Å². The van der Waals surface area contributed by atoms with E-state index in [0.29, 0.717) is 0 Å². The molecule has 0 bridgehead atoms. The first-order chi connectivity index (χ1) is 5.77. The minimum Gasteiger partial charge on any atom is -0.873 e. The second-order valence-corrected chi connectivity index (χ2v) is 2.65. The third kappa shape index (κ3) is 2.42. The fourth-order valence-corrected chi connectivity index (χ4v) is 1.20. The Balaban J connectivity index is 0.000000845. The molecular formula is C10H6Co2O2-2. The standard InChI is InChI=1S/C10H8O2.2Co/c11-9-5-7-3-1-2-4-8(7)6-10(9)12;;/h1-6,11-12H;;/p-2. The number of fused-ring (bicyclic) bond motifs is 1. The van der Waals surface area contributed by atoms with Crippen molar-refractivity contribution in [3.05, 3.63) is 36.4 Å². The molecule has 0 aliphatic carbocycles. The summed E-state index contributed by atoms with van der Waals surface area (Å²) in [6.07, 6.45) is 0. The minimum absolute atomic E-state index is 0. The molecule has 2 nitrogen and oxygen atoms in total. The fourth-order valence-electron chi connectivity index (χ4n) is 1.20. The molecule has 0 aromatic heterocycles. The van der Waals surface area contributed by atoms with E-state index in [1.807, 2.05) is 24.3 Å². The summed E-state index contributed by atoms with van der Waals surface area (Å²) in [5.41, 5.74) is 0. The molecule has 0 spiro atoms. The smallest absolute Gasteiger partial charge is 0 e. The maximum absolute atomic E-state index is 10.9. The molecule has 0 unspecified atom stereocenters. The first kappa shape index (κ1) is 13.3. The van der Waals surface area contributed by atoms with Crippen molar-refractivity contribution in [1.82, 2.24) is 0 Å². The van der Waals surface area contributed by atoms with Crippen molar-refractivity contribution in [2.75, 3.05) is 0 Å². The van der Waals surface area contributed by atoms with Gasteiger partial charge >= 0.3 is 0 Å². The molecular weight excluding hydrogens is 270 g/mol. The van der Waals surface area contributed by atoms with Crippen LogP contribution in [0.3, 0.4) is 0 Å². The molecule has 2 radical (unpaired) electrons. The molecule has 0 saturated carbocycles. The van der Waals surface area contributed by atoms with Crippen LogP contribution >= 0.6 is 0 Å². The zero-order chi connectivity index (χ0) is 8.55. The summed E-state index contributed by atoms with van der Waals surface area (Å²) in [4.78, 5) is 0. The van der Waals surface area contributed by atoms with Crippen molar-refractivity contribution in [2.45, 2.75) is 0 Å². The van der Waals surface area contributed by atoms with Gasteiger partial charge in [-0.3, -0.25) is 0 Å². The molecule has 0 aliphatic rings. The quantitative estimate of drug-likeness (QED) is 0.720. The fraction of sp³-hybridized carbons (Fsp3) is 0. The number of hydrogen-bond acceptors (Lipinski definition) is 2. The molecule has 0 atom stereocenters. The molecule has 4 heteroatoms. The Kier molecular flexibility index (Phi) is 5.00. The van der Waals surface area contributed by atoms with Gasteiger partial charge in [-0.2, -0.15) is 0 Å². The maximum Gasteiger partial charge on any atom is 0 e. The van der Waals surface area contributed by atoms with Crippen molar-refractivity contribution in [3.8, 4) is 11.5 Å². The van der Waals surface area contributed by atoms with E-state index in [2.05, 4.69) is 0 Å². The maximum atomic E-state index is 10.9.